The molecule has 0 aliphatic carbocycles. The van der Waals surface area contributed by atoms with Crippen molar-refractivity contribution in [2.24, 2.45) is 5.73 Å². The van der Waals surface area contributed by atoms with Gasteiger partial charge in [-0.25, -0.2) is 14.2 Å². The standard InChI is InChI=1S/C17H26N6O5/c1-2-10(18)6-3-4-9-19-11(24)7-5-8-12(25)23-14-13(20-17(23)28)15(26)22-16(27)21-14/h10H,2-9,18H2,1H3,(H,19,24)(H,20,28)(H2,21,22,26,27). The monoisotopic (exact) mass is 394 g/mol. The largest absolute Gasteiger partial charge is 0.356 e. The Morgan fingerprint density at radius 1 is 1.07 bits per heavy atom. The lowest BCUT2D eigenvalue weighted by Crippen LogP contribution is -2.27. The van der Waals surface area contributed by atoms with Gasteiger partial charge in [0.2, 0.25) is 11.8 Å². The molecule has 0 aliphatic rings. The first kappa shape index (κ1) is 21.4. The van der Waals surface area contributed by atoms with Crippen LogP contribution in [0.2, 0.25) is 0 Å². The lowest BCUT2D eigenvalue weighted by molar-refractivity contribution is -0.121. The summed E-state index contributed by atoms with van der Waals surface area (Å²) < 4.78 is 0.709. The van der Waals surface area contributed by atoms with Crippen LogP contribution in [0.4, 0.5) is 0 Å². The van der Waals surface area contributed by atoms with E-state index >= 15 is 0 Å². The minimum Gasteiger partial charge on any atom is -0.356 e. The van der Waals surface area contributed by atoms with Gasteiger partial charge in [0.15, 0.2) is 11.2 Å². The van der Waals surface area contributed by atoms with Crippen LogP contribution in [-0.4, -0.2) is 43.9 Å². The number of amides is 1. The molecule has 2 heterocycles. The maximum absolute atomic E-state index is 12.3. The first-order valence-electron chi connectivity index (χ1n) is 9.36. The van der Waals surface area contributed by atoms with Crippen molar-refractivity contribution in [2.45, 2.75) is 57.9 Å². The van der Waals surface area contributed by atoms with E-state index in [9.17, 15) is 24.0 Å². The van der Waals surface area contributed by atoms with E-state index in [4.69, 9.17) is 5.73 Å². The van der Waals surface area contributed by atoms with Crippen LogP contribution >= 0.6 is 0 Å². The highest BCUT2D eigenvalue weighted by Gasteiger charge is 2.17. The predicted molar refractivity (Wildman–Crippen MR) is 103 cm³/mol. The number of hydrogen-bond donors (Lipinski definition) is 5. The number of fused-ring (bicyclic) bond motifs is 1. The molecule has 2 aromatic rings. The lowest BCUT2D eigenvalue weighted by atomic mass is 10.1. The zero-order chi connectivity index (χ0) is 20.7. The van der Waals surface area contributed by atoms with Gasteiger partial charge in [-0.2, -0.15) is 0 Å². The third-order valence-corrected chi connectivity index (χ3v) is 4.47. The van der Waals surface area contributed by atoms with Crippen molar-refractivity contribution in [3.8, 4) is 0 Å². The Balaban J connectivity index is 1.82. The zero-order valence-electron chi connectivity index (χ0n) is 15.8. The number of rotatable bonds is 10. The van der Waals surface area contributed by atoms with Crippen molar-refractivity contribution in [2.75, 3.05) is 6.54 Å². The fraction of sp³-hybridized carbons (Fsp3) is 0.588. The highest BCUT2D eigenvalue weighted by molar-refractivity contribution is 5.88. The van der Waals surface area contributed by atoms with Crippen molar-refractivity contribution < 1.29 is 9.59 Å². The summed E-state index contributed by atoms with van der Waals surface area (Å²) in [6.07, 6.45) is 3.92. The van der Waals surface area contributed by atoms with Crippen molar-refractivity contribution in [1.29, 1.82) is 0 Å². The Bertz CT molecular complexity index is 998. The molecule has 0 saturated carbocycles. The number of carbonyl (C=O) groups excluding carboxylic acids is 2. The summed E-state index contributed by atoms with van der Waals surface area (Å²) in [5, 5.41) is 2.78. The SMILES string of the molecule is CCC(N)CCCCNC(=O)CCCC(=O)n1c(=O)[nH]c2c(=O)[nH]c(=O)[nH]c21. The van der Waals surface area contributed by atoms with Gasteiger partial charge in [0, 0.05) is 25.4 Å². The number of carbonyl (C=O) groups is 2. The van der Waals surface area contributed by atoms with Gasteiger partial charge in [0.1, 0.15) is 0 Å². The Hall–Kier alpha value is -2.95. The molecule has 2 aromatic heterocycles. The molecular weight excluding hydrogens is 368 g/mol. The van der Waals surface area contributed by atoms with Crippen molar-refractivity contribution >= 4 is 23.0 Å². The molecule has 6 N–H and O–H groups in total. The molecule has 28 heavy (non-hydrogen) atoms. The molecule has 2 rings (SSSR count). The molecule has 11 heteroatoms. The van der Waals surface area contributed by atoms with E-state index in [1.54, 1.807) is 0 Å². The topological polar surface area (TPSA) is 176 Å². The number of nitrogens with zero attached hydrogens (tertiary/aromatic N) is 1. The molecule has 1 amide bonds. The summed E-state index contributed by atoms with van der Waals surface area (Å²) in [7, 11) is 0. The maximum atomic E-state index is 12.3. The van der Waals surface area contributed by atoms with E-state index in [-0.39, 0.29) is 42.4 Å². The molecule has 1 unspecified atom stereocenters. The smallest absolute Gasteiger partial charge is 0.334 e. The van der Waals surface area contributed by atoms with E-state index in [0.29, 0.717) is 11.1 Å². The van der Waals surface area contributed by atoms with Gasteiger partial charge in [0.25, 0.3) is 5.56 Å². The van der Waals surface area contributed by atoms with Gasteiger partial charge >= 0.3 is 11.4 Å². The van der Waals surface area contributed by atoms with Gasteiger partial charge in [-0.15, -0.1) is 0 Å². The maximum Gasteiger partial charge on any atom is 0.334 e. The summed E-state index contributed by atoms with van der Waals surface area (Å²) >= 11 is 0. The summed E-state index contributed by atoms with van der Waals surface area (Å²) in [5.41, 5.74) is 3.03. The van der Waals surface area contributed by atoms with Gasteiger partial charge < -0.3 is 11.1 Å². The zero-order valence-corrected chi connectivity index (χ0v) is 15.8. The van der Waals surface area contributed by atoms with Gasteiger partial charge in [-0.1, -0.05) is 13.3 Å². The van der Waals surface area contributed by atoms with Crippen LogP contribution in [0.1, 0.15) is 56.7 Å². The quantitative estimate of drug-likeness (QED) is 0.341. The van der Waals surface area contributed by atoms with E-state index < -0.39 is 22.8 Å². The average molecular weight is 394 g/mol. The number of aromatic nitrogens is 4. The molecule has 0 aromatic carbocycles. The number of H-pyrrole nitrogens is 3. The molecule has 0 aliphatic heterocycles. The normalized spacial score (nSPS) is 12.2. The van der Waals surface area contributed by atoms with Gasteiger partial charge in [-0.3, -0.25) is 29.3 Å². The average Bonchev–Trinajstić information content (AvgIpc) is 2.97. The van der Waals surface area contributed by atoms with Crippen LogP contribution in [0.5, 0.6) is 0 Å². The second-order valence-electron chi connectivity index (χ2n) is 6.66. The first-order chi connectivity index (χ1) is 13.3. The van der Waals surface area contributed by atoms with E-state index in [1.165, 1.54) is 0 Å². The first-order valence-corrected chi connectivity index (χ1v) is 9.36. The summed E-state index contributed by atoms with van der Waals surface area (Å²) in [6.45, 7) is 2.59. The number of nitrogens with two attached hydrogens (primary N) is 1. The van der Waals surface area contributed by atoms with Crippen LogP contribution in [0, 0.1) is 0 Å². The molecule has 0 bridgehead atoms. The molecule has 0 radical (unpaired) electrons. The summed E-state index contributed by atoms with van der Waals surface area (Å²) in [6, 6.07) is 0.195. The fourth-order valence-corrected chi connectivity index (χ4v) is 2.82. The number of unbranched alkanes of at least 4 members (excludes halogenated alkanes) is 1. The molecule has 1 atom stereocenters. The minimum atomic E-state index is -0.822. The predicted octanol–water partition coefficient (Wildman–Crippen LogP) is -0.459. The Morgan fingerprint density at radius 2 is 1.82 bits per heavy atom. The highest BCUT2D eigenvalue weighted by atomic mass is 16.2. The number of hydrogen-bond acceptors (Lipinski definition) is 6. The van der Waals surface area contributed by atoms with Crippen molar-refractivity contribution in [3.63, 3.8) is 0 Å². The number of aromatic amines is 3. The van der Waals surface area contributed by atoms with E-state index in [2.05, 4.69) is 15.3 Å². The van der Waals surface area contributed by atoms with Crippen LogP contribution in [0.25, 0.3) is 11.2 Å². The van der Waals surface area contributed by atoms with Crippen LogP contribution in [-0.2, 0) is 4.79 Å². The molecule has 0 saturated heterocycles. The Labute approximate surface area is 159 Å². The third kappa shape index (κ3) is 5.52. The molecular formula is C17H26N6O5. The Kier molecular flexibility index (Phi) is 7.50. The van der Waals surface area contributed by atoms with E-state index in [0.717, 1.165) is 25.7 Å². The molecule has 0 fully saturated rings. The molecule has 0 spiro atoms. The molecule has 11 nitrogen and oxygen atoms in total. The lowest BCUT2D eigenvalue weighted by Gasteiger charge is -2.08. The fourth-order valence-electron chi connectivity index (χ4n) is 2.82. The second-order valence-corrected chi connectivity index (χ2v) is 6.66. The summed E-state index contributed by atoms with van der Waals surface area (Å²) in [4.78, 5) is 65.6. The second kappa shape index (κ2) is 9.83. The molecule has 154 valence electrons. The van der Waals surface area contributed by atoms with Gasteiger partial charge in [-0.05, 0) is 25.7 Å². The number of imidazole rings is 1. The highest BCUT2D eigenvalue weighted by Crippen LogP contribution is 2.04. The van der Waals surface area contributed by atoms with Crippen LogP contribution in [0.3, 0.4) is 0 Å². The third-order valence-electron chi connectivity index (χ3n) is 4.47. The number of nitrogens with one attached hydrogen (secondary N) is 4. The van der Waals surface area contributed by atoms with Gasteiger partial charge in [0.05, 0.1) is 0 Å². The van der Waals surface area contributed by atoms with Crippen molar-refractivity contribution in [3.05, 3.63) is 31.3 Å². The minimum absolute atomic E-state index is 0.0829. The van der Waals surface area contributed by atoms with Crippen LogP contribution < -0.4 is 28.0 Å². The van der Waals surface area contributed by atoms with Crippen molar-refractivity contribution in [1.82, 2.24) is 24.8 Å². The van der Waals surface area contributed by atoms with E-state index in [1.807, 2.05) is 11.9 Å². The summed E-state index contributed by atoms with van der Waals surface area (Å²) in [5.74, 6) is -0.789. The Morgan fingerprint density at radius 3 is 2.54 bits per heavy atom. The van der Waals surface area contributed by atoms with Crippen LogP contribution in [0.15, 0.2) is 14.4 Å².